The summed E-state index contributed by atoms with van der Waals surface area (Å²) in [4.78, 5) is 11.7. The fourth-order valence-electron chi connectivity index (χ4n) is 2.64. The van der Waals surface area contributed by atoms with E-state index in [1.165, 1.54) is 0 Å². The summed E-state index contributed by atoms with van der Waals surface area (Å²) in [6, 6.07) is 3.27. The number of carbonyl (C=O) groups excluding carboxylic acids is 1. The molecule has 1 saturated heterocycles. The number of rotatable bonds is 1. The standard InChI is InChI=1S/C11H14N4O2/c1-6-8-9(7-4-3-5-17-7)12-10(16)13-11(8,2)15-14-6/h3-5,8-9,15H,1-2H3,(H2,12,13,16)/t8-,9+,11-/m0/s1. The summed E-state index contributed by atoms with van der Waals surface area (Å²) in [6.07, 6.45) is 1.61. The number of hydrazone groups is 1. The van der Waals surface area contributed by atoms with Crippen LogP contribution in [0.5, 0.6) is 0 Å². The van der Waals surface area contributed by atoms with Crippen molar-refractivity contribution < 1.29 is 9.21 Å². The van der Waals surface area contributed by atoms with Crippen molar-refractivity contribution in [3.8, 4) is 0 Å². The Balaban J connectivity index is 2.02. The van der Waals surface area contributed by atoms with Crippen LogP contribution in [0, 0.1) is 5.92 Å². The minimum absolute atomic E-state index is 0.0337. The Morgan fingerprint density at radius 2 is 2.35 bits per heavy atom. The first kappa shape index (κ1) is 10.2. The number of furan rings is 1. The molecule has 6 heteroatoms. The van der Waals surface area contributed by atoms with Crippen LogP contribution in [0.1, 0.15) is 25.6 Å². The summed E-state index contributed by atoms with van der Waals surface area (Å²) >= 11 is 0. The lowest BCUT2D eigenvalue weighted by Gasteiger charge is -2.41. The second-order valence-corrected chi connectivity index (χ2v) is 4.64. The van der Waals surface area contributed by atoms with Gasteiger partial charge in [0.15, 0.2) is 0 Å². The lowest BCUT2D eigenvalue weighted by molar-refractivity contribution is 0.154. The molecule has 3 atom stereocenters. The lowest BCUT2D eigenvalue weighted by Crippen LogP contribution is -2.67. The number of nitrogens with one attached hydrogen (secondary N) is 3. The highest BCUT2D eigenvalue weighted by molar-refractivity contribution is 5.91. The highest BCUT2D eigenvalue weighted by Gasteiger charge is 2.51. The van der Waals surface area contributed by atoms with Crippen LogP contribution >= 0.6 is 0 Å². The van der Waals surface area contributed by atoms with Crippen LogP contribution in [-0.4, -0.2) is 17.4 Å². The number of amides is 2. The normalized spacial score (nSPS) is 35.4. The van der Waals surface area contributed by atoms with Crippen molar-refractivity contribution in [2.24, 2.45) is 11.0 Å². The van der Waals surface area contributed by atoms with Crippen LogP contribution in [0.3, 0.4) is 0 Å². The first-order chi connectivity index (χ1) is 8.10. The molecule has 0 aliphatic carbocycles. The van der Waals surface area contributed by atoms with E-state index >= 15 is 0 Å². The molecule has 2 aliphatic rings. The molecule has 0 radical (unpaired) electrons. The minimum Gasteiger partial charge on any atom is -0.467 e. The van der Waals surface area contributed by atoms with Crippen LogP contribution < -0.4 is 16.1 Å². The van der Waals surface area contributed by atoms with Crippen molar-refractivity contribution in [2.45, 2.75) is 25.6 Å². The van der Waals surface area contributed by atoms with Gasteiger partial charge in [-0.1, -0.05) is 0 Å². The molecule has 2 amide bonds. The molecule has 1 fully saturated rings. The summed E-state index contributed by atoms with van der Waals surface area (Å²) in [5.74, 6) is 0.778. The molecule has 0 unspecified atom stereocenters. The molecule has 3 heterocycles. The van der Waals surface area contributed by atoms with Crippen molar-refractivity contribution in [1.29, 1.82) is 0 Å². The molecule has 6 nitrogen and oxygen atoms in total. The maximum Gasteiger partial charge on any atom is 0.317 e. The van der Waals surface area contributed by atoms with E-state index in [0.29, 0.717) is 0 Å². The first-order valence-corrected chi connectivity index (χ1v) is 5.53. The molecule has 1 aromatic heterocycles. The van der Waals surface area contributed by atoms with Crippen molar-refractivity contribution in [3.05, 3.63) is 24.2 Å². The molecule has 2 aliphatic heterocycles. The number of nitrogens with zero attached hydrogens (tertiary/aromatic N) is 1. The van der Waals surface area contributed by atoms with Crippen LogP contribution in [0.2, 0.25) is 0 Å². The molecular weight excluding hydrogens is 220 g/mol. The molecule has 1 aromatic rings. The highest BCUT2D eigenvalue weighted by Crippen LogP contribution is 2.36. The molecule has 3 rings (SSSR count). The van der Waals surface area contributed by atoms with Gasteiger partial charge in [-0.05, 0) is 26.0 Å². The fraction of sp³-hybridized carbons (Fsp3) is 0.455. The second-order valence-electron chi connectivity index (χ2n) is 4.64. The van der Waals surface area contributed by atoms with Gasteiger partial charge in [-0.3, -0.25) is 5.43 Å². The van der Waals surface area contributed by atoms with E-state index in [0.717, 1.165) is 11.5 Å². The van der Waals surface area contributed by atoms with E-state index < -0.39 is 5.66 Å². The first-order valence-electron chi connectivity index (χ1n) is 5.53. The van der Waals surface area contributed by atoms with Gasteiger partial charge in [0.05, 0.1) is 12.2 Å². The van der Waals surface area contributed by atoms with E-state index in [2.05, 4.69) is 21.2 Å². The molecule has 0 bridgehead atoms. The summed E-state index contributed by atoms with van der Waals surface area (Å²) in [6.45, 7) is 3.87. The zero-order chi connectivity index (χ0) is 12.0. The third-order valence-electron chi connectivity index (χ3n) is 3.38. The topological polar surface area (TPSA) is 78.7 Å². The average Bonchev–Trinajstić information content (AvgIpc) is 2.86. The molecule has 17 heavy (non-hydrogen) atoms. The number of carbonyl (C=O) groups is 1. The Labute approximate surface area is 98.4 Å². The summed E-state index contributed by atoms with van der Waals surface area (Å²) in [5, 5.41) is 9.96. The van der Waals surface area contributed by atoms with Gasteiger partial charge in [-0.25, -0.2) is 4.79 Å². The minimum atomic E-state index is -0.552. The van der Waals surface area contributed by atoms with E-state index in [1.807, 2.05) is 26.0 Å². The van der Waals surface area contributed by atoms with Crippen LogP contribution in [0.4, 0.5) is 4.79 Å². The Kier molecular flexibility index (Phi) is 1.95. The SMILES string of the molecule is CC1=NN[C@]2(C)NC(=O)N[C@H](c3ccco3)[C@H]12. The summed E-state index contributed by atoms with van der Waals surface area (Å²) in [5.41, 5.74) is 3.38. The maximum absolute atomic E-state index is 11.7. The van der Waals surface area contributed by atoms with Gasteiger partial charge in [0.1, 0.15) is 17.5 Å². The maximum atomic E-state index is 11.7. The molecule has 3 N–H and O–H groups in total. The third-order valence-corrected chi connectivity index (χ3v) is 3.38. The summed E-state index contributed by atoms with van der Waals surface area (Å²) < 4.78 is 5.40. The third kappa shape index (κ3) is 1.40. The summed E-state index contributed by atoms with van der Waals surface area (Å²) in [7, 11) is 0. The fourth-order valence-corrected chi connectivity index (χ4v) is 2.64. The zero-order valence-electron chi connectivity index (χ0n) is 9.65. The lowest BCUT2D eigenvalue weighted by atomic mass is 9.82. The molecule has 0 saturated carbocycles. The number of fused-ring (bicyclic) bond motifs is 1. The van der Waals surface area contributed by atoms with Crippen molar-refractivity contribution in [1.82, 2.24) is 16.1 Å². The van der Waals surface area contributed by atoms with Gasteiger partial charge < -0.3 is 15.1 Å². The van der Waals surface area contributed by atoms with E-state index in [4.69, 9.17) is 4.42 Å². The van der Waals surface area contributed by atoms with Crippen molar-refractivity contribution in [2.75, 3.05) is 0 Å². The van der Waals surface area contributed by atoms with Crippen molar-refractivity contribution >= 4 is 11.7 Å². The van der Waals surface area contributed by atoms with Gasteiger partial charge in [-0.2, -0.15) is 5.10 Å². The number of hydrogen-bond acceptors (Lipinski definition) is 4. The van der Waals surface area contributed by atoms with Crippen LogP contribution in [0.15, 0.2) is 27.9 Å². The predicted octanol–water partition coefficient (Wildman–Crippen LogP) is 0.945. The van der Waals surface area contributed by atoms with Gasteiger partial charge in [-0.15, -0.1) is 0 Å². The quantitative estimate of drug-likeness (QED) is 0.676. The molecule has 90 valence electrons. The Morgan fingerprint density at radius 1 is 1.53 bits per heavy atom. The van der Waals surface area contributed by atoms with Gasteiger partial charge >= 0.3 is 6.03 Å². The molecule has 0 aromatic carbocycles. The van der Waals surface area contributed by atoms with E-state index in [-0.39, 0.29) is 18.0 Å². The highest BCUT2D eigenvalue weighted by atomic mass is 16.3. The Hall–Kier alpha value is -1.98. The molecule has 0 spiro atoms. The van der Waals surface area contributed by atoms with Gasteiger partial charge in [0.25, 0.3) is 0 Å². The second kappa shape index (κ2) is 3.26. The average molecular weight is 234 g/mol. The number of hydrogen-bond donors (Lipinski definition) is 3. The van der Waals surface area contributed by atoms with E-state index in [1.54, 1.807) is 6.26 Å². The Morgan fingerprint density at radius 3 is 3.06 bits per heavy atom. The van der Waals surface area contributed by atoms with E-state index in [9.17, 15) is 4.79 Å². The van der Waals surface area contributed by atoms with Gasteiger partial charge in [0.2, 0.25) is 0 Å². The molecular formula is C11H14N4O2. The zero-order valence-corrected chi connectivity index (χ0v) is 9.65. The number of urea groups is 1. The van der Waals surface area contributed by atoms with Crippen LogP contribution in [-0.2, 0) is 0 Å². The Bertz CT molecular complexity index is 482. The largest absolute Gasteiger partial charge is 0.467 e. The smallest absolute Gasteiger partial charge is 0.317 e. The monoisotopic (exact) mass is 234 g/mol. The predicted molar refractivity (Wildman–Crippen MR) is 61.3 cm³/mol. The van der Waals surface area contributed by atoms with Gasteiger partial charge in [0, 0.05) is 5.71 Å². The van der Waals surface area contributed by atoms with Crippen molar-refractivity contribution in [3.63, 3.8) is 0 Å². The van der Waals surface area contributed by atoms with Crippen LogP contribution in [0.25, 0.3) is 0 Å².